The number of hydrogen-bond acceptors (Lipinski definition) is 5. The Balaban J connectivity index is 1.66. The summed E-state index contributed by atoms with van der Waals surface area (Å²) in [5.41, 5.74) is 3.31. The quantitative estimate of drug-likeness (QED) is 0.940. The van der Waals surface area contributed by atoms with Crippen molar-refractivity contribution >= 4 is 28.1 Å². The Morgan fingerprint density at radius 1 is 1.22 bits per heavy atom. The van der Waals surface area contributed by atoms with Crippen LogP contribution in [0.1, 0.15) is 20.9 Å². The minimum absolute atomic E-state index is 0.102. The summed E-state index contributed by atoms with van der Waals surface area (Å²) in [6.45, 7) is 7.23. The standard InChI is InChI=1S/C17H22N4OS/c1-12-5-4-6-14(11-12)20-7-9-21(10-8-20)16(22)15-13(2)19-17(18-3)23-15/h4-6,11H,7-10H2,1-3H3,(H,18,19). The number of benzene rings is 1. The maximum Gasteiger partial charge on any atom is 0.266 e. The van der Waals surface area contributed by atoms with E-state index < -0.39 is 0 Å². The molecule has 1 amide bonds. The first kappa shape index (κ1) is 15.8. The second-order valence-electron chi connectivity index (χ2n) is 5.80. The van der Waals surface area contributed by atoms with Crippen LogP contribution in [-0.2, 0) is 0 Å². The highest BCUT2D eigenvalue weighted by molar-refractivity contribution is 7.17. The van der Waals surface area contributed by atoms with E-state index in [1.165, 1.54) is 22.6 Å². The van der Waals surface area contributed by atoms with E-state index in [0.29, 0.717) is 0 Å². The van der Waals surface area contributed by atoms with E-state index in [-0.39, 0.29) is 5.91 Å². The van der Waals surface area contributed by atoms with Crippen LogP contribution in [0.3, 0.4) is 0 Å². The molecule has 1 N–H and O–H groups in total. The Bertz CT molecular complexity index is 704. The lowest BCUT2D eigenvalue weighted by molar-refractivity contribution is 0.0750. The van der Waals surface area contributed by atoms with Crippen molar-refractivity contribution in [2.24, 2.45) is 0 Å². The van der Waals surface area contributed by atoms with Gasteiger partial charge >= 0.3 is 0 Å². The zero-order valence-electron chi connectivity index (χ0n) is 13.8. The number of aromatic nitrogens is 1. The number of rotatable bonds is 3. The number of aryl methyl sites for hydroxylation is 2. The summed E-state index contributed by atoms with van der Waals surface area (Å²) >= 11 is 1.43. The van der Waals surface area contributed by atoms with E-state index in [2.05, 4.69) is 46.4 Å². The van der Waals surface area contributed by atoms with Crippen LogP contribution in [0, 0.1) is 13.8 Å². The first-order chi connectivity index (χ1) is 11.1. The smallest absolute Gasteiger partial charge is 0.266 e. The molecule has 0 spiro atoms. The molecule has 0 atom stereocenters. The van der Waals surface area contributed by atoms with Crippen LogP contribution < -0.4 is 10.2 Å². The summed E-state index contributed by atoms with van der Waals surface area (Å²) in [5, 5.41) is 3.80. The second-order valence-corrected chi connectivity index (χ2v) is 6.80. The molecule has 1 aliphatic rings. The lowest BCUT2D eigenvalue weighted by Crippen LogP contribution is -2.48. The zero-order chi connectivity index (χ0) is 16.4. The molecule has 1 aromatic heterocycles. The van der Waals surface area contributed by atoms with Gasteiger partial charge in [-0.3, -0.25) is 4.79 Å². The van der Waals surface area contributed by atoms with E-state index in [4.69, 9.17) is 0 Å². The molecule has 1 fully saturated rings. The summed E-state index contributed by atoms with van der Waals surface area (Å²) in [5.74, 6) is 0.102. The molecule has 0 bridgehead atoms. The first-order valence-corrected chi connectivity index (χ1v) is 8.66. The van der Waals surface area contributed by atoms with Crippen LogP contribution in [0.5, 0.6) is 0 Å². The van der Waals surface area contributed by atoms with Crippen LogP contribution in [0.2, 0.25) is 0 Å². The molecule has 6 heteroatoms. The molecule has 1 aliphatic heterocycles. The number of nitrogens with zero attached hydrogens (tertiary/aromatic N) is 3. The first-order valence-electron chi connectivity index (χ1n) is 7.84. The van der Waals surface area contributed by atoms with Crippen LogP contribution >= 0.6 is 11.3 Å². The molecule has 0 unspecified atom stereocenters. The maximum absolute atomic E-state index is 12.7. The normalized spacial score (nSPS) is 14.9. The number of amides is 1. The molecule has 122 valence electrons. The van der Waals surface area contributed by atoms with E-state index >= 15 is 0 Å². The Morgan fingerprint density at radius 2 is 1.96 bits per heavy atom. The van der Waals surface area contributed by atoms with Gasteiger partial charge < -0.3 is 15.1 Å². The predicted molar refractivity (Wildman–Crippen MR) is 95.7 cm³/mol. The molecule has 5 nitrogen and oxygen atoms in total. The Hall–Kier alpha value is -2.08. The fourth-order valence-electron chi connectivity index (χ4n) is 2.84. The van der Waals surface area contributed by atoms with Crippen LogP contribution in [-0.4, -0.2) is 49.0 Å². The van der Waals surface area contributed by atoms with Crippen molar-refractivity contribution in [2.45, 2.75) is 13.8 Å². The van der Waals surface area contributed by atoms with Crippen molar-refractivity contribution in [2.75, 3.05) is 43.4 Å². The van der Waals surface area contributed by atoms with Crippen molar-refractivity contribution in [3.63, 3.8) is 0 Å². The maximum atomic E-state index is 12.7. The van der Waals surface area contributed by atoms with Crippen LogP contribution in [0.25, 0.3) is 0 Å². The number of hydrogen-bond donors (Lipinski definition) is 1. The van der Waals surface area contributed by atoms with Gasteiger partial charge in [0.2, 0.25) is 0 Å². The van der Waals surface area contributed by atoms with Gasteiger partial charge in [0.1, 0.15) is 4.88 Å². The van der Waals surface area contributed by atoms with Crippen LogP contribution in [0.4, 0.5) is 10.8 Å². The third kappa shape index (κ3) is 3.32. The van der Waals surface area contributed by atoms with Crippen molar-refractivity contribution in [1.29, 1.82) is 0 Å². The SMILES string of the molecule is CNc1nc(C)c(C(=O)N2CCN(c3cccc(C)c3)CC2)s1. The van der Waals surface area contributed by atoms with Gasteiger partial charge in [-0.05, 0) is 31.5 Å². The fourth-order valence-corrected chi connectivity index (χ4v) is 3.73. The molecule has 2 aromatic rings. The number of thiazole rings is 1. The average molecular weight is 330 g/mol. The molecule has 0 saturated carbocycles. The third-order valence-corrected chi connectivity index (χ3v) is 5.30. The molecule has 2 heterocycles. The van der Waals surface area contributed by atoms with Crippen molar-refractivity contribution in [1.82, 2.24) is 9.88 Å². The number of nitrogens with one attached hydrogen (secondary N) is 1. The summed E-state index contributed by atoms with van der Waals surface area (Å²) in [7, 11) is 1.83. The van der Waals surface area contributed by atoms with E-state index in [0.717, 1.165) is 41.9 Å². The van der Waals surface area contributed by atoms with E-state index in [1.807, 2.05) is 18.9 Å². The summed E-state index contributed by atoms with van der Waals surface area (Å²) in [6.07, 6.45) is 0. The highest BCUT2D eigenvalue weighted by Crippen LogP contribution is 2.25. The van der Waals surface area contributed by atoms with Gasteiger partial charge in [-0.15, -0.1) is 0 Å². The highest BCUT2D eigenvalue weighted by Gasteiger charge is 2.25. The third-order valence-electron chi connectivity index (χ3n) is 4.14. The number of anilines is 2. The molecule has 23 heavy (non-hydrogen) atoms. The van der Waals surface area contributed by atoms with Crippen molar-refractivity contribution in [3.05, 3.63) is 40.4 Å². The van der Waals surface area contributed by atoms with Gasteiger partial charge in [-0.2, -0.15) is 0 Å². The van der Waals surface area contributed by atoms with Gasteiger partial charge in [0.15, 0.2) is 5.13 Å². The monoisotopic (exact) mass is 330 g/mol. The van der Waals surface area contributed by atoms with Crippen molar-refractivity contribution < 1.29 is 4.79 Å². The van der Waals surface area contributed by atoms with Gasteiger partial charge in [-0.1, -0.05) is 23.5 Å². The molecule has 0 aliphatic carbocycles. The van der Waals surface area contributed by atoms with Gasteiger partial charge in [-0.25, -0.2) is 4.98 Å². The largest absolute Gasteiger partial charge is 0.368 e. The summed E-state index contributed by atoms with van der Waals surface area (Å²) in [4.78, 5) is 22.1. The minimum atomic E-state index is 0.102. The molecule has 1 saturated heterocycles. The second kappa shape index (κ2) is 6.58. The lowest BCUT2D eigenvalue weighted by atomic mass is 10.2. The number of piperazine rings is 1. The van der Waals surface area contributed by atoms with Crippen LogP contribution in [0.15, 0.2) is 24.3 Å². The molecular formula is C17H22N4OS. The van der Waals surface area contributed by atoms with Gasteiger partial charge in [0.25, 0.3) is 5.91 Å². The lowest BCUT2D eigenvalue weighted by Gasteiger charge is -2.36. The number of carbonyl (C=O) groups excluding carboxylic acids is 1. The fraction of sp³-hybridized carbons (Fsp3) is 0.412. The number of carbonyl (C=O) groups is 1. The topological polar surface area (TPSA) is 48.5 Å². The Morgan fingerprint density at radius 3 is 2.57 bits per heavy atom. The molecule has 3 rings (SSSR count). The summed E-state index contributed by atoms with van der Waals surface area (Å²) < 4.78 is 0. The average Bonchev–Trinajstić information content (AvgIpc) is 2.95. The van der Waals surface area contributed by atoms with Crippen molar-refractivity contribution in [3.8, 4) is 0 Å². The molecule has 1 aromatic carbocycles. The Labute approximate surface area is 140 Å². The molecular weight excluding hydrogens is 308 g/mol. The summed E-state index contributed by atoms with van der Waals surface area (Å²) in [6, 6.07) is 8.53. The zero-order valence-corrected chi connectivity index (χ0v) is 14.6. The van der Waals surface area contributed by atoms with Gasteiger partial charge in [0.05, 0.1) is 5.69 Å². The molecule has 0 radical (unpaired) electrons. The van der Waals surface area contributed by atoms with E-state index in [1.54, 1.807) is 0 Å². The Kier molecular flexibility index (Phi) is 4.52. The van der Waals surface area contributed by atoms with E-state index in [9.17, 15) is 4.79 Å². The predicted octanol–water partition coefficient (Wildman–Crippen LogP) is 2.76. The van der Waals surface area contributed by atoms with Gasteiger partial charge in [0, 0.05) is 38.9 Å². The minimum Gasteiger partial charge on any atom is -0.368 e. The highest BCUT2D eigenvalue weighted by atomic mass is 32.1.